The Morgan fingerprint density at radius 1 is 1.42 bits per heavy atom. The molecule has 8 heteroatoms. The van der Waals surface area contributed by atoms with Crippen molar-refractivity contribution in [2.45, 2.75) is 11.3 Å². The highest BCUT2D eigenvalue weighted by atomic mass is 79.9. The number of halogens is 1. The van der Waals surface area contributed by atoms with E-state index in [-0.39, 0.29) is 4.90 Å². The van der Waals surface area contributed by atoms with Gasteiger partial charge in [-0.2, -0.15) is 0 Å². The fraction of sp³-hybridized carbons (Fsp3) is 0.182. The molecule has 0 amide bonds. The van der Waals surface area contributed by atoms with Crippen LogP contribution in [0, 0.1) is 0 Å². The first kappa shape index (κ1) is 14.4. The second-order valence-corrected chi connectivity index (χ2v) is 7.33. The number of thiazole rings is 1. The first-order chi connectivity index (χ1) is 8.99. The van der Waals surface area contributed by atoms with E-state index in [1.165, 1.54) is 17.4 Å². The number of nitrogens with two attached hydrogens (primary N) is 1. The highest BCUT2D eigenvalue weighted by Crippen LogP contribution is 2.24. The lowest BCUT2D eigenvalue weighted by Crippen LogP contribution is -2.26. The maximum atomic E-state index is 12.1. The van der Waals surface area contributed by atoms with Gasteiger partial charge in [-0.25, -0.2) is 18.1 Å². The third kappa shape index (κ3) is 3.75. The van der Waals surface area contributed by atoms with E-state index in [1.54, 1.807) is 18.3 Å². The molecule has 0 saturated heterocycles. The second kappa shape index (κ2) is 6.00. The molecule has 0 saturated carbocycles. The summed E-state index contributed by atoms with van der Waals surface area (Å²) in [5, 5.41) is 2.76. The van der Waals surface area contributed by atoms with Gasteiger partial charge in [-0.15, -0.1) is 11.3 Å². The van der Waals surface area contributed by atoms with E-state index < -0.39 is 10.0 Å². The average Bonchev–Trinajstić information content (AvgIpc) is 2.81. The van der Waals surface area contributed by atoms with E-state index in [1.807, 2.05) is 5.38 Å². The van der Waals surface area contributed by atoms with Crippen LogP contribution in [0.4, 0.5) is 5.69 Å². The number of anilines is 1. The van der Waals surface area contributed by atoms with Gasteiger partial charge in [-0.05, 0) is 34.1 Å². The number of nitrogens with zero attached hydrogens (tertiary/aromatic N) is 1. The molecule has 0 aliphatic rings. The summed E-state index contributed by atoms with van der Waals surface area (Å²) in [5.74, 6) is 0. The van der Waals surface area contributed by atoms with Crippen molar-refractivity contribution in [3.63, 3.8) is 0 Å². The van der Waals surface area contributed by atoms with Crippen LogP contribution in [-0.2, 0) is 16.4 Å². The zero-order valence-corrected chi connectivity index (χ0v) is 13.1. The maximum Gasteiger partial charge on any atom is 0.241 e. The van der Waals surface area contributed by atoms with Gasteiger partial charge in [0.15, 0.2) is 0 Å². The molecular weight excluding hydrogens is 350 g/mol. The molecule has 102 valence electrons. The molecular formula is C11H12BrN3O2S2. The minimum absolute atomic E-state index is 0.181. The normalized spacial score (nSPS) is 11.6. The number of hydrogen-bond acceptors (Lipinski definition) is 5. The smallest absolute Gasteiger partial charge is 0.241 e. The van der Waals surface area contributed by atoms with Crippen LogP contribution >= 0.6 is 27.3 Å². The number of nitrogen functional groups attached to an aromatic ring is 1. The molecule has 0 unspecified atom stereocenters. The van der Waals surface area contributed by atoms with Gasteiger partial charge in [0.1, 0.15) is 0 Å². The maximum absolute atomic E-state index is 12.1. The average molecular weight is 362 g/mol. The van der Waals surface area contributed by atoms with Gasteiger partial charge in [-0.3, -0.25) is 0 Å². The lowest BCUT2D eigenvalue weighted by Gasteiger charge is -2.08. The summed E-state index contributed by atoms with van der Waals surface area (Å²) in [6.07, 6.45) is 2.27. The highest BCUT2D eigenvalue weighted by molar-refractivity contribution is 9.10. The molecule has 19 heavy (non-hydrogen) atoms. The van der Waals surface area contributed by atoms with Crippen molar-refractivity contribution < 1.29 is 8.42 Å². The predicted octanol–water partition coefficient (Wildman–Crippen LogP) is 2.01. The number of hydrogen-bond donors (Lipinski definition) is 2. The minimum atomic E-state index is -3.54. The van der Waals surface area contributed by atoms with Gasteiger partial charge in [0.05, 0.1) is 9.90 Å². The summed E-state index contributed by atoms with van der Waals surface area (Å²) >= 11 is 4.71. The molecule has 5 nitrogen and oxygen atoms in total. The Morgan fingerprint density at radius 2 is 2.21 bits per heavy atom. The molecule has 1 aromatic heterocycles. The van der Waals surface area contributed by atoms with Crippen molar-refractivity contribution in [2.75, 3.05) is 12.3 Å². The van der Waals surface area contributed by atoms with Crippen LogP contribution in [0.15, 0.2) is 39.1 Å². The van der Waals surface area contributed by atoms with Gasteiger partial charge in [0.2, 0.25) is 10.0 Å². The molecule has 2 rings (SSSR count). The number of nitrogens with one attached hydrogen (secondary N) is 1. The summed E-state index contributed by atoms with van der Waals surface area (Å²) in [5.41, 5.74) is 6.09. The van der Waals surface area contributed by atoms with Crippen LogP contribution in [0.5, 0.6) is 0 Å². The molecule has 0 aliphatic carbocycles. The molecule has 0 aliphatic heterocycles. The summed E-state index contributed by atoms with van der Waals surface area (Å²) in [6, 6.07) is 4.60. The molecule has 0 atom stereocenters. The number of benzene rings is 1. The quantitative estimate of drug-likeness (QED) is 0.797. The largest absolute Gasteiger partial charge is 0.399 e. The van der Waals surface area contributed by atoms with Crippen molar-refractivity contribution in [1.82, 2.24) is 9.71 Å². The SMILES string of the molecule is Nc1ccc(S(=O)(=O)NCCc2nccs2)c(Br)c1. The second-order valence-electron chi connectivity index (χ2n) is 3.76. The Kier molecular flexibility index (Phi) is 4.56. The van der Waals surface area contributed by atoms with Crippen LogP contribution < -0.4 is 10.5 Å². The standard InChI is InChI=1S/C11H12BrN3O2S2/c12-9-7-8(13)1-2-10(9)19(16,17)15-4-3-11-14-5-6-18-11/h1-2,5-7,15H,3-4,13H2. The molecule has 0 bridgehead atoms. The molecule has 0 spiro atoms. The van der Waals surface area contributed by atoms with E-state index in [4.69, 9.17) is 5.73 Å². The fourth-order valence-corrected chi connectivity index (χ4v) is 4.23. The minimum Gasteiger partial charge on any atom is -0.399 e. The van der Waals surface area contributed by atoms with Gasteiger partial charge >= 0.3 is 0 Å². The third-order valence-electron chi connectivity index (χ3n) is 2.36. The van der Waals surface area contributed by atoms with Crippen molar-refractivity contribution in [3.05, 3.63) is 39.3 Å². The zero-order valence-electron chi connectivity index (χ0n) is 9.84. The summed E-state index contributed by atoms with van der Waals surface area (Å²) in [4.78, 5) is 4.28. The van der Waals surface area contributed by atoms with Gasteiger partial charge in [-0.1, -0.05) is 0 Å². The molecule has 3 N–H and O–H groups in total. The predicted molar refractivity (Wildman–Crippen MR) is 79.6 cm³/mol. The number of rotatable bonds is 5. The Bertz CT molecular complexity index is 657. The van der Waals surface area contributed by atoms with Gasteiger partial charge in [0, 0.05) is 34.7 Å². The van der Waals surface area contributed by atoms with E-state index in [0.29, 0.717) is 23.1 Å². The summed E-state index contributed by atoms with van der Waals surface area (Å²) in [6.45, 7) is 0.312. The van der Waals surface area contributed by atoms with Crippen molar-refractivity contribution >= 4 is 43.0 Å². The third-order valence-corrected chi connectivity index (χ3v) is 5.64. The van der Waals surface area contributed by atoms with E-state index >= 15 is 0 Å². The summed E-state index contributed by atoms with van der Waals surface area (Å²) in [7, 11) is -3.54. The fourth-order valence-electron chi connectivity index (χ4n) is 1.48. The molecule has 0 radical (unpaired) electrons. The lowest BCUT2D eigenvalue weighted by atomic mass is 10.3. The number of sulfonamides is 1. The van der Waals surface area contributed by atoms with Crippen LogP contribution in [0.3, 0.4) is 0 Å². The topological polar surface area (TPSA) is 85.1 Å². The Balaban J connectivity index is 2.05. The lowest BCUT2D eigenvalue weighted by molar-refractivity contribution is 0.581. The highest BCUT2D eigenvalue weighted by Gasteiger charge is 2.17. The Hall–Kier alpha value is -0.960. The van der Waals surface area contributed by atoms with Gasteiger partial charge < -0.3 is 5.73 Å². The Morgan fingerprint density at radius 3 is 2.84 bits per heavy atom. The van der Waals surface area contributed by atoms with Gasteiger partial charge in [0.25, 0.3) is 0 Å². The summed E-state index contributed by atoms with van der Waals surface area (Å²) < 4.78 is 27.2. The molecule has 0 fully saturated rings. The van der Waals surface area contributed by atoms with E-state index in [9.17, 15) is 8.42 Å². The van der Waals surface area contributed by atoms with Crippen LogP contribution in [-0.4, -0.2) is 19.9 Å². The van der Waals surface area contributed by atoms with E-state index in [0.717, 1.165) is 5.01 Å². The van der Waals surface area contributed by atoms with Crippen molar-refractivity contribution in [1.29, 1.82) is 0 Å². The number of aromatic nitrogens is 1. The first-order valence-electron chi connectivity index (χ1n) is 5.42. The van der Waals surface area contributed by atoms with Crippen molar-refractivity contribution in [2.24, 2.45) is 0 Å². The molecule has 1 heterocycles. The Labute approximate surface area is 124 Å². The monoisotopic (exact) mass is 361 g/mol. The van der Waals surface area contributed by atoms with E-state index in [2.05, 4.69) is 25.6 Å². The van der Waals surface area contributed by atoms with Crippen LogP contribution in [0.1, 0.15) is 5.01 Å². The first-order valence-corrected chi connectivity index (χ1v) is 8.58. The molecule has 1 aromatic carbocycles. The van der Waals surface area contributed by atoms with Crippen LogP contribution in [0.2, 0.25) is 0 Å². The molecule has 2 aromatic rings. The zero-order chi connectivity index (χ0) is 13.9. The van der Waals surface area contributed by atoms with Crippen LogP contribution in [0.25, 0.3) is 0 Å². The van der Waals surface area contributed by atoms with Crippen molar-refractivity contribution in [3.8, 4) is 0 Å².